The number of nitrogens with zero attached hydrogens (tertiary/aromatic N) is 3. The summed E-state index contributed by atoms with van der Waals surface area (Å²) in [6.45, 7) is 4.67. The molecule has 1 aromatic carbocycles. The number of aromatic nitrogens is 2. The average Bonchev–Trinajstić information content (AvgIpc) is 2.98. The molecule has 5 heteroatoms. The van der Waals surface area contributed by atoms with Crippen LogP contribution in [-0.2, 0) is 10.3 Å². The van der Waals surface area contributed by atoms with Crippen molar-refractivity contribution in [2.24, 2.45) is 0 Å². The van der Waals surface area contributed by atoms with Crippen LogP contribution in [0.5, 0.6) is 0 Å². The molecule has 2 aromatic rings. The van der Waals surface area contributed by atoms with Crippen LogP contribution in [-0.4, -0.2) is 16.7 Å². The summed E-state index contributed by atoms with van der Waals surface area (Å²) in [5.41, 5.74) is 1.96. The Morgan fingerprint density at radius 3 is 2.86 bits per heavy atom. The number of hydrogen-bond acceptors (Lipinski definition) is 5. The Morgan fingerprint density at radius 2 is 2.19 bits per heavy atom. The van der Waals surface area contributed by atoms with Gasteiger partial charge in [-0.1, -0.05) is 5.16 Å². The molecule has 0 aliphatic carbocycles. The highest BCUT2D eigenvalue weighted by Gasteiger charge is 2.35. The molecule has 108 valence electrons. The lowest BCUT2D eigenvalue weighted by atomic mass is 9.95. The second-order valence-corrected chi connectivity index (χ2v) is 5.60. The molecule has 1 aliphatic rings. The maximum atomic E-state index is 8.91. The Hall–Kier alpha value is -2.19. The van der Waals surface area contributed by atoms with E-state index in [-0.39, 0.29) is 0 Å². The van der Waals surface area contributed by atoms with Gasteiger partial charge >= 0.3 is 0 Å². The van der Waals surface area contributed by atoms with Crippen LogP contribution in [0.15, 0.2) is 22.7 Å². The minimum absolute atomic E-state index is 0.458. The van der Waals surface area contributed by atoms with Gasteiger partial charge in [-0.3, -0.25) is 0 Å². The van der Waals surface area contributed by atoms with Gasteiger partial charge in [0.25, 0.3) is 5.89 Å². The van der Waals surface area contributed by atoms with E-state index in [2.05, 4.69) is 16.2 Å². The molecule has 0 bridgehead atoms. The first-order valence-corrected chi connectivity index (χ1v) is 7.12. The molecule has 0 spiro atoms. The van der Waals surface area contributed by atoms with Crippen molar-refractivity contribution in [3.8, 4) is 17.5 Å². The number of benzene rings is 1. The fourth-order valence-corrected chi connectivity index (χ4v) is 2.63. The number of hydrogen-bond donors (Lipinski definition) is 0. The minimum Gasteiger partial charge on any atom is -0.367 e. The molecular weight excluding hydrogens is 266 g/mol. The van der Waals surface area contributed by atoms with Crippen LogP contribution in [0.1, 0.15) is 43.1 Å². The highest BCUT2D eigenvalue weighted by Crippen LogP contribution is 2.34. The van der Waals surface area contributed by atoms with E-state index < -0.39 is 5.60 Å². The van der Waals surface area contributed by atoms with E-state index in [1.807, 2.05) is 26.0 Å². The van der Waals surface area contributed by atoms with Crippen molar-refractivity contribution in [1.82, 2.24) is 10.1 Å². The summed E-state index contributed by atoms with van der Waals surface area (Å²) in [6.07, 6.45) is 3.09. The SMILES string of the molecule is Cc1cc(C#N)ccc1-c1nc(C2(C)CCCCO2)no1. The lowest BCUT2D eigenvalue weighted by molar-refractivity contribution is -0.0770. The third-order valence-electron chi connectivity index (χ3n) is 3.95. The van der Waals surface area contributed by atoms with Gasteiger partial charge in [-0.2, -0.15) is 10.2 Å². The van der Waals surface area contributed by atoms with E-state index in [9.17, 15) is 0 Å². The van der Waals surface area contributed by atoms with Crippen molar-refractivity contribution in [2.75, 3.05) is 6.61 Å². The second kappa shape index (κ2) is 5.30. The molecule has 1 aromatic heterocycles. The normalized spacial score (nSPS) is 22.0. The van der Waals surface area contributed by atoms with E-state index >= 15 is 0 Å². The Kier molecular flexibility index (Phi) is 3.48. The van der Waals surface area contributed by atoms with Gasteiger partial charge in [0.2, 0.25) is 5.82 Å². The summed E-state index contributed by atoms with van der Waals surface area (Å²) in [6, 6.07) is 7.54. The van der Waals surface area contributed by atoms with Gasteiger partial charge in [-0.15, -0.1) is 0 Å². The highest BCUT2D eigenvalue weighted by molar-refractivity contribution is 5.60. The van der Waals surface area contributed by atoms with Gasteiger partial charge in [0.1, 0.15) is 5.60 Å². The summed E-state index contributed by atoms with van der Waals surface area (Å²) < 4.78 is 11.2. The van der Waals surface area contributed by atoms with Crippen LogP contribution >= 0.6 is 0 Å². The molecular formula is C16H17N3O2. The molecule has 2 heterocycles. The molecule has 1 saturated heterocycles. The van der Waals surface area contributed by atoms with Crippen molar-refractivity contribution >= 4 is 0 Å². The van der Waals surface area contributed by atoms with E-state index in [4.69, 9.17) is 14.5 Å². The quantitative estimate of drug-likeness (QED) is 0.845. The largest absolute Gasteiger partial charge is 0.367 e. The lowest BCUT2D eigenvalue weighted by Crippen LogP contribution is -2.31. The van der Waals surface area contributed by atoms with Gasteiger partial charge in [0.15, 0.2) is 0 Å². The minimum atomic E-state index is -0.458. The Bertz CT molecular complexity index is 694. The number of aryl methyl sites for hydroxylation is 1. The van der Waals surface area contributed by atoms with Gasteiger partial charge in [0.05, 0.1) is 11.6 Å². The summed E-state index contributed by atoms with van der Waals surface area (Å²) in [7, 11) is 0. The number of rotatable bonds is 2. The topological polar surface area (TPSA) is 71.9 Å². The Balaban J connectivity index is 1.93. The van der Waals surface area contributed by atoms with Gasteiger partial charge < -0.3 is 9.26 Å². The van der Waals surface area contributed by atoms with Crippen molar-refractivity contribution in [3.05, 3.63) is 35.2 Å². The summed E-state index contributed by atoms with van der Waals surface area (Å²) in [4.78, 5) is 4.51. The average molecular weight is 283 g/mol. The van der Waals surface area contributed by atoms with Crippen molar-refractivity contribution in [1.29, 1.82) is 5.26 Å². The molecule has 0 radical (unpaired) electrons. The summed E-state index contributed by atoms with van der Waals surface area (Å²) in [5, 5.41) is 13.0. The number of ether oxygens (including phenoxy) is 1. The van der Waals surface area contributed by atoms with Gasteiger partial charge in [0, 0.05) is 12.2 Å². The zero-order valence-electron chi connectivity index (χ0n) is 12.2. The standard InChI is InChI=1S/C16H17N3O2/c1-11-9-12(10-17)5-6-13(11)14-18-15(19-21-14)16(2)7-3-4-8-20-16/h5-6,9H,3-4,7-8H2,1-2H3. The van der Waals surface area contributed by atoms with Crippen molar-refractivity contribution in [3.63, 3.8) is 0 Å². The molecule has 1 fully saturated rings. The van der Waals surface area contributed by atoms with Crippen LogP contribution < -0.4 is 0 Å². The van der Waals surface area contributed by atoms with Crippen LogP contribution in [0.4, 0.5) is 0 Å². The molecule has 1 atom stereocenters. The zero-order valence-corrected chi connectivity index (χ0v) is 12.2. The van der Waals surface area contributed by atoms with Crippen LogP contribution in [0.3, 0.4) is 0 Å². The van der Waals surface area contributed by atoms with Crippen LogP contribution in [0, 0.1) is 18.3 Å². The van der Waals surface area contributed by atoms with E-state index in [0.29, 0.717) is 17.3 Å². The monoisotopic (exact) mass is 283 g/mol. The van der Waals surface area contributed by atoms with E-state index in [0.717, 1.165) is 37.0 Å². The Morgan fingerprint density at radius 1 is 1.33 bits per heavy atom. The molecule has 5 nitrogen and oxygen atoms in total. The van der Waals surface area contributed by atoms with Crippen molar-refractivity contribution < 1.29 is 9.26 Å². The van der Waals surface area contributed by atoms with Crippen LogP contribution in [0.25, 0.3) is 11.5 Å². The molecule has 1 aliphatic heterocycles. The summed E-state index contributed by atoms with van der Waals surface area (Å²) in [5.74, 6) is 1.07. The molecule has 0 saturated carbocycles. The Labute approximate surface area is 123 Å². The van der Waals surface area contributed by atoms with Crippen molar-refractivity contribution in [2.45, 2.75) is 38.7 Å². The molecule has 0 amide bonds. The predicted octanol–water partition coefficient (Wildman–Crippen LogP) is 3.33. The smallest absolute Gasteiger partial charge is 0.258 e. The highest BCUT2D eigenvalue weighted by atomic mass is 16.5. The predicted molar refractivity (Wildman–Crippen MR) is 76.3 cm³/mol. The first kappa shape index (κ1) is 13.8. The van der Waals surface area contributed by atoms with E-state index in [1.54, 1.807) is 6.07 Å². The van der Waals surface area contributed by atoms with Gasteiger partial charge in [-0.05, 0) is 56.9 Å². The molecule has 1 unspecified atom stereocenters. The first-order valence-electron chi connectivity index (χ1n) is 7.12. The van der Waals surface area contributed by atoms with Crippen LogP contribution in [0.2, 0.25) is 0 Å². The maximum absolute atomic E-state index is 8.91. The molecule has 21 heavy (non-hydrogen) atoms. The molecule has 3 rings (SSSR count). The molecule has 0 N–H and O–H groups in total. The fourth-order valence-electron chi connectivity index (χ4n) is 2.63. The summed E-state index contributed by atoms with van der Waals surface area (Å²) >= 11 is 0. The third kappa shape index (κ3) is 2.55. The zero-order chi connectivity index (χ0) is 14.9. The first-order chi connectivity index (χ1) is 10.1. The third-order valence-corrected chi connectivity index (χ3v) is 3.95. The number of nitriles is 1. The lowest BCUT2D eigenvalue weighted by Gasteiger charge is -2.30. The van der Waals surface area contributed by atoms with E-state index in [1.165, 1.54) is 0 Å². The second-order valence-electron chi connectivity index (χ2n) is 5.60. The van der Waals surface area contributed by atoms with Gasteiger partial charge in [-0.25, -0.2) is 0 Å². The maximum Gasteiger partial charge on any atom is 0.258 e. The fraction of sp³-hybridized carbons (Fsp3) is 0.438.